The minimum absolute atomic E-state index is 0. The number of aryl methyl sites for hydroxylation is 2. The van der Waals surface area contributed by atoms with Crippen molar-refractivity contribution < 1.29 is 22.3 Å². The average Bonchev–Trinajstić information content (AvgIpc) is 4.02. The van der Waals surface area contributed by atoms with E-state index in [1.807, 2.05) is 68.4 Å². The van der Waals surface area contributed by atoms with Gasteiger partial charge in [0, 0.05) is 35.0 Å². The van der Waals surface area contributed by atoms with Crippen LogP contribution in [0, 0.1) is 19.9 Å². The van der Waals surface area contributed by atoms with Crippen LogP contribution in [0.2, 0.25) is 0 Å². The van der Waals surface area contributed by atoms with E-state index in [1.165, 1.54) is 0 Å². The van der Waals surface area contributed by atoms with Crippen LogP contribution in [0.5, 0.6) is 0 Å². The molecule has 2 saturated carbocycles. The zero-order valence-corrected chi connectivity index (χ0v) is 34.1. The SMILES string of the molecule is C.Cc1cc2c(N[C@@H](C)c3ccc(-c4nc(C5CC5)no4)cc3)nc(F)nc2o1.Cc1cc2c(N[C@@H](C)c3ccc(-c4nc(C5CC5)no4)cc3)nc(N)nc2o1.S.S. The number of fused-ring (bicyclic) bond motifs is 2. The van der Waals surface area contributed by atoms with Crippen molar-refractivity contribution in [2.75, 3.05) is 16.4 Å². The number of benzene rings is 2. The van der Waals surface area contributed by atoms with Gasteiger partial charge in [-0.05, 0) is 101 Å². The highest BCUT2D eigenvalue weighted by atomic mass is 32.1. The summed E-state index contributed by atoms with van der Waals surface area (Å²) in [4.78, 5) is 25.0. The Bertz CT molecular complexity index is 2490. The van der Waals surface area contributed by atoms with Gasteiger partial charge in [0.2, 0.25) is 17.4 Å². The van der Waals surface area contributed by atoms with Gasteiger partial charge in [-0.1, -0.05) is 42.0 Å². The summed E-state index contributed by atoms with van der Waals surface area (Å²) >= 11 is 0. The number of anilines is 3. The molecule has 0 amide bonds. The molecule has 8 aromatic rings. The van der Waals surface area contributed by atoms with Gasteiger partial charge in [-0.2, -0.15) is 61.3 Å². The lowest BCUT2D eigenvalue weighted by molar-refractivity contribution is 0.422. The Morgan fingerprint density at radius 2 is 1.05 bits per heavy atom. The number of halogens is 1. The van der Waals surface area contributed by atoms with Gasteiger partial charge >= 0.3 is 6.08 Å². The van der Waals surface area contributed by atoms with E-state index in [0.717, 1.165) is 70.7 Å². The first-order chi connectivity index (χ1) is 27.1. The van der Waals surface area contributed by atoms with Gasteiger partial charge in [0.05, 0.1) is 10.8 Å². The van der Waals surface area contributed by atoms with Crippen LogP contribution in [0.25, 0.3) is 45.1 Å². The van der Waals surface area contributed by atoms with E-state index in [4.69, 9.17) is 23.6 Å². The molecule has 308 valence electrons. The normalized spacial score (nSPS) is 14.3. The summed E-state index contributed by atoms with van der Waals surface area (Å²) in [5.41, 5.74) is 10.4. The molecule has 2 fully saturated rings. The summed E-state index contributed by atoms with van der Waals surface area (Å²) in [6.45, 7) is 7.70. The van der Waals surface area contributed by atoms with Crippen molar-refractivity contribution in [1.82, 2.24) is 40.2 Å². The maximum absolute atomic E-state index is 13.7. The summed E-state index contributed by atoms with van der Waals surface area (Å²) in [5.74, 6) is 6.28. The Morgan fingerprint density at radius 3 is 1.49 bits per heavy atom. The monoisotopic (exact) mass is 839 g/mol. The summed E-state index contributed by atoms with van der Waals surface area (Å²) in [6, 6.07) is 19.5. The number of hydrogen-bond donors (Lipinski definition) is 3. The number of nitrogens with one attached hydrogen (secondary N) is 2. The Labute approximate surface area is 353 Å². The van der Waals surface area contributed by atoms with Crippen molar-refractivity contribution in [3.05, 3.63) is 101 Å². The number of furan rings is 2. The van der Waals surface area contributed by atoms with E-state index in [-0.39, 0.29) is 58.2 Å². The van der Waals surface area contributed by atoms with Gasteiger partial charge in [0.1, 0.15) is 23.2 Å². The minimum Gasteiger partial charge on any atom is -0.443 e. The summed E-state index contributed by atoms with van der Waals surface area (Å²) in [7, 11) is 0. The number of aromatic nitrogens is 8. The van der Waals surface area contributed by atoms with Crippen LogP contribution in [0.4, 0.5) is 22.0 Å². The van der Waals surface area contributed by atoms with Crippen molar-refractivity contribution in [1.29, 1.82) is 0 Å². The maximum Gasteiger partial charge on any atom is 0.313 e. The molecule has 4 N–H and O–H groups in total. The Morgan fingerprint density at radius 1 is 0.627 bits per heavy atom. The quantitative estimate of drug-likeness (QED) is 0.110. The molecule has 2 aliphatic rings. The number of nitrogens with two attached hydrogens (primary N) is 1. The van der Waals surface area contributed by atoms with Crippen molar-refractivity contribution >= 4 is 66.8 Å². The second-order valence-electron chi connectivity index (χ2n) is 14.4. The van der Waals surface area contributed by atoms with Crippen LogP contribution in [-0.2, 0) is 0 Å². The maximum atomic E-state index is 13.7. The first-order valence-electron chi connectivity index (χ1n) is 18.5. The Balaban J connectivity index is 0.000000189. The Kier molecular flexibility index (Phi) is 12.6. The van der Waals surface area contributed by atoms with Crippen LogP contribution in [0.3, 0.4) is 0 Å². The molecule has 2 aliphatic carbocycles. The van der Waals surface area contributed by atoms with Crippen LogP contribution in [0.15, 0.2) is 78.5 Å². The van der Waals surface area contributed by atoms with E-state index in [2.05, 4.69) is 57.8 Å². The van der Waals surface area contributed by atoms with Crippen molar-refractivity contribution in [2.24, 2.45) is 0 Å². The van der Waals surface area contributed by atoms with E-state index in [0.29, 0.717) is 52.1 Å². The Hall–Kier alpha value is -6.01. The van der Waals surface area contributed by atoms with Gasteiger partial charge in [-0.3, -0.25) is 0 Å². The van der Waals surface area contributed by atoms with Gasteiger partial charge in [-0.15, -0.1) is 0 Å². The van der Waals surface area contributed by atoms with Crippen LogP contribution < -0.4 is 16.4 Å². The van der Waals surface area contributed by atoms with Crippen molar-refractivity contribution in [2.45, 2.75) is 84.7 Å². The zero-order valence-electron chi connectivity index (χ0n) is 32.1. The summed E-state index contributed by atoms with van der Waals surface area (Å²) in [5, 5.41) is 16.2. The third kappa shape index (κ3) is 9.33. The fourth-order valence-corrected chi connectivity index (χ4v) is 6.42. The fourth-order valence-electron chi connectivity index (χ4n) is 6.42. The molecule has 59 heavy (non-hydrogen) atoms. The van der Waals surface area contributed by atoms with Crippen molar-refractivity contribution in [3.8, 4) is 22.9 Å². The number of nitrogens with zero attached hydrogens (tertiary/aromatic N) is 8. The lowest BCUT2D eigenvalue weighted by Gasteiger charge is -2.15. The first kappa shape index (κ1) is 42.6. The topological polar surface area (TPSA) is 206 Å². The predicted molar refractivity (Wildman–Crippen MR) is 232 cm³/mol. The fraction of sp³-hybridized carbons (Fsp3) is 0.317. The molecule has 2 atom stereocenters. The second kappa shape index (κ2) is 17.5. The summed E-state index contributed by atoms with van der Waals surface area (Å²) < 4.78 is 35.5. The second-order valence-corrected chi connectivity index (χ2v) is 14.4. The third-order valence-corrected chi connectivity index (χ3v) is 9.81. The molecule has 10 rings (SSSR count). The molecular weight excluding hydrogens is 794 g/mol. The molecule has 0 radical (unpaired) electrons. The molecule has 6 heterocycles. The minimum atomic E-state index is -0.824. The molecule has 18 heteroatoms. The van der Waals surface area contributed by atoms with Crippen LogP contribution >= 0.6 is 27.0 Å². The molecule has 2 aromatic carbocycles. The lowest BCUT2D eigenvalue weighted by Crippen LogP contribution is -2.09. The summed E-state index contributed by atoms with van der Waals surface area (Å²) in [6.07, 6.45) is 3.74. The van der Waals surface area contributed by atoms with Crippen molar-refractivity contribution in [3.63, 3.8) is 0 Å². The predicted octanol–water partition coefficient (Wildman–Crippen LogP) is 9.85. The first-order valence-corrected chi connectivity index (χ1v) is 18.5. The molecule has 0 saturated heterocycles. The van der Waals surface area contributed by atoms with E-state index < -0.39 is 6.08 Å². The highest BCUT2D eigenvalue weighted by Gasteiger charge is 2.30. The van der Waals surface area contributed by atoms with Crippen LogP contribution in [-0.4, -0.2) is 40.2 Å². The molecule has 0 bridgehead atoms. The number of nitrogen functional groups attached to an aromatic ring is 1. The molecule has 0 aliphatic heterocycles. The van der Waals surface area contributed by atoms with Gasteiger partial charge < -0.3 is 34.2 Å². The number of hydrogen-bond acceptors (Lipinski definition) is 15. The molecule has 0 unspecified atom stereocenters. The standard InChI is InChI=1S/C20H18FN5O2.C20H20N6O2.CH4.2H2S/c2*1-10-9-15-17(24-20(21)25-19(15)27-10)22-11(2)12-3-7-14(8-4-12)18-23-16(26-28-18)13-5-6-13;;;/h3-4,7-9,11,13H,5-6H2,1-2H3,(H,22,24,25);3-4,7-9,11,13H,5-6H2,1-2H3,(H3,21,22,24,25);1H4;2*1H2/t2*11-;;;/m00.../s1. The third-order valence-electron chi connectivity index (χ3n) is 9.81. The number of rotatable bonds is 10. The van der Waals surface area contributed by atoms with Gasteiger partial charge in [-0.25, -0.2) is 0 Å². The van der Waals surface area contributed by atoms with E-state index >= 15 is 0 Å². The smallest absolute Gasteiger partial charge is 0.313 e. The lowest BCUT2D eigenvalue weighted by atomic mass is 10.1. The molecule has 6 aromatic heterocycles. The largest absolute Gasteiger partial charge is 0.443 e. The molecule has 15 nitrogen and oxygen atoms in total. The highest BCUT2D eigenvalue weighted by Crippen LogP contribution is 2.40. The van der Waals surface area contributed by atoms with E-state index in [1.54, 1.807) is 13.0 Å². The molecule has 0 spiro atoms. The average molecular weight is 840 g/mol. The van der Waals surface area contributed by atoms with Gasteiger partial charge in [0.25, 0.3) is 11.8 Å². The van der Waals surface area contributed by atoms with E-state index in [9.17, 15) is 4.39 Å². The van der Waals surface area contributed by atoms with Crippen LogP contribution in [0.1, 0.15) is 105 Å². The highest BCUT2D eigenvalue weighted by molar-refractivity contribution is 7.59. The van der Waals surface area contributed by atoms with Gasteiger partial charge in [0.15, 0.2) is 11.6 Å². The molecular formula is C41H46FN11O4S2. The zero-order chi connectivity index (χ0) is 38.5.